The first kappa shape index (κ1) is 23.1. The van der Waals surface area contributed by atoms with Crippen LogP contribution in [0.25, 0.3) is 10.8 Å². The van der Waals surface area contributed by atoms with Crippen molar-refractivity contribution in [2.75, 3.05) is 13.1 Å². The smallest absolute Gasteiger partial charge is 0.224 e. The van der Waals surface area contributed by atoms with Gasteiger partial charge < -0.3 is 5.32 Å². The van der Waals surface area contributed by atoms with Crippen LogP contribution in [0.15, 0.2) is 60.7 Å². The van der Waals surface area contributed by atoms with Gasteiger partial charge in [-0.05, 0) is 46.9 Å². The number of piperidine rings is 1. The van der Waals surface area contributed by atoms with E-state index in [4.69, 9.17) is 23.2 Å². The number of benzene rings is 3. The van der Waals surface area contributed by atoms with Crippen LogP contribution >= 0.6 is 23.2 Å². The number of hydrogen-bond donors (Lipinski definition) is 1. The summed E-state index contributed by atoms with van der Waals surface area (Å²) in [5, 5.41) is 5.93. The van der Waals surface area contributed by atoms with Gasteiger partial charge in [0.2, 0.25) is 15.9 Å². The highest BCUT2D eigenvalue weighted by atomic mass is 35.5. The monoisotopic (exact) mass is 490 g/mol. The van der Waals surface area contributed by atoms with Crippen molar-refractivity contribution in [3.05, 3.63) is 81.8 Å². The van der Waals surface area contributed by atoms with Crippen molar-refractivity contribution in [2.45, 2.75) is 25.1 Å². The van der Waals surface area contributed by atoms with Gasteiger partial charge in [0.1, 0.15) is 0 Å². The molecule has 0 radical (unpaired) electrons. The maximum absolute atomic E-state index is 13.0. The maximum Gasteiger partial charge on any atom is 0.224 e. The first-order valence-corrected chi connectivity index (χ1v) is 12.9. The van der Waals surface area contributed by atoms with Crippen LogP contribution in [0.4, 0.5) is 0 Å². The molecule has 0 spiro atoms. The summed E-state index contributed by atoms with van der Waals surface area (Å²) in [5.74, 6) is -0.663. The summed E-state index contributed by atoms with van der Waals surface area (Å²) in [4.78, 5) is 12.9. The fourth-order valence-electron chi connectivity index (χ4n) is 4.11. The number of hydrogen-bond acceptors (Lipinski definition) is 3. The van der Waals surface area contributed by atoms with Crippen LogP contribution in [0.5, 0.6) is 0 Å². The molecule has 5 nitrogen and oxygen atoms in total. The quantitative estimate of drug-likeness (QED) is 0.528. The summed E-state index contributed by atoms with van der Waals surface area (Å²) in [6, 6.07) is 18.9. The van der Waals surface area contributed by atoms with E-state index in [1.165, 1.54) is 4.31 Å². The number of nitrogens with zero attached hydrogens (tertiary/aromatic N) is 1. The lowest BCUT2D eigenvalue weighted by Gasteiger charge is -2.31. The molecule has 1 unspecified atom stereocenters. The topological polar surface area (TPSA) is 66.5 Å². The van der Waals surface area contributed by atoms with Gasteiger partial charge in [-0.25, -0.2) is 12.7 Å². The van der Waals surface area contributed by atoms with Gasteiger partial charge in [-0.3, -0.25) is 4.79 Å². The maximum atomic E-state index is 13.0. The molecule has 4 rings (SSSR count). The molecule has 1 heterocycles. The fraction of sp³-hybridized carbons (Fsp3) is 0.292. The highest BCUT2D eigenvalue weighted by Crippen LogP contribution is 2.26. The lowest BCUT2D eigenvalue weighted by molar-refractivity contribution is -0.126. The molecule has 3 aromatic carbocycles. The fourth-order valence-corrected chi connectivity index (χ4v) is 6.03. The van der Waals surface area contributed by atoms with Crippen LogP contribution in [0.1, 0.15) is 24.0 Å². The Morgan fingerprint density at radius 3 is 2.62 bits per heavy atom. The number of halogens is 2. The average molecular weight is 491 g/mol. The summed E-state index contributed by atoms with van der Waals surface area (Å²) in [6.07, 6.45) is 1.31. The minimum Gasteiger partial charge on any atom is -0.352 e. The van der Waals surface area contributed by atoms with Crippen LogP contribution in [0.2, 0.25) is 10.0 Å². The largest absolute Gasteiger partial charge is 0.352 e. The molecule has 0 aromatic heterocycles. The zero-order chi connectivity index (χ0) is 22.7. The third-order valence-corrected chi connectivity index (χ3v) is 8.37. The number of amides is 1. The van der Waals surface area contributed by atoms with Gasteiger partial charge in [0.25, 0.3) is 0 Å². The van der Waals surface area contributed by atoms with Gasteiger partial charge in [0.05, 0.1) is 21.7 Å². The Hall–Kier alpha value is -2.12. The first-order chi connectivity index (χ1) is 15.3. The standard InChI is InChI=1S/C24H24Cl2N2O3S/c25-22-11-10-17(13-23(22)26)16-32(30,31)28-12-4-8-20(15-28)24(29)27-14-19-7-3-6-18-5-1-2-9-21(18)19/h1-3,5-7,9-11,13,20H,4,8,12,14-16H2,(H,27,29). The van der Waals surface area contributed by atoms with Crippen molar-refractivity contribution >= 4 is 49.9 Å². The van der Waals surface area contributed by atoms with Gasteiger partial charge in [0.15, 0.2) is 0 Å². The Kier molecular flexibility index (Phi) is 7.05. The number of nitrogens with one attached hydrogen (secondary N) is 1. The summed E-state index contributed by atoms with van der Waals surface area (Å²) in [6.45, 7) is 1.01. The molecule has 8 heteroatoms. The number of carbonyl (C=O) groups is 1. The van der Waals surface area contributed by atoms with Crippen molar-refractivity contribution < 1.29 is 13.2 Å². The van der Waals surface area contributed by atoms with E-state index < -0.39 is 10.0 Å². The van der Waals surface area contributed by atoms with E-state index in [9.17, 15) is 13.2 Å². The molecule has 1 aliphatic heterocycles. The third-order valence-electron chi connectivity index (χ3n) is 5.81. The minimum atomic E-state index is -3.58. The number of rotatable bonds is 6. The van der Waals surface area contributed by atoms with E-state index in [1.54, 1.807) is 18.2 Å². The predicted molar refractivity (Wildman–Crippen MR) is 129 cm³/mol. The zero-order valence-corrected chi connectivity index (χ0v) is 19.8. The third kappa shape index (κ3) is 5.26. The highest BCUT2D eigenvalue weighted by Gasteiger charge is 2.32. The molecule has 1 amide bonds. The van der Waals surface area contributed by atoms with Gasteiger partial charge in [-0.15, -0.1) is 0 Å². The van der Waals surface area contributed by atoms with Crippen molar-refractivity contribution in [1.82, 2.24) is 9.62 Å². The molecule has 3 aromatic rings. The second kappa shape index (κ2) is 9.79. The molecule has 1 saturated heterocycles. The highest BCUT2D eigenvalue weighted by molar-refractivity contribution is 7.88. The lowest BCUT2D eigenvalue weighted by atomic mass is 9.98. The number of sulfonamides is 1. The Morgan fingerprint density at radius 1 is 1.03 bits per heavy atom. The molecule has 1 N–H and O–H groups in total. The molecular formula is C24H24Cl2N2O3S. The normalized spacial score (nSPS) is 17.4. The van der Waals surface area contributed by atoms with Crippen molar-refractivity contribution in [3.8, 4) is 0 Å². The van der Waals surface area contributed by atoms with Gasteiger partial charge >= 0.3 is 0 Å². The van der Waals surface area contributed by atoms with E-state index in [2.05, 4.69) is 5.32 Å². The Bertz CT molecular complexity index is 1240. The van der Waals surface area contributed by atoms with E-state index in [-0.39, 0.29) is 24.1 Å². The van der Waals surface area contributed by atoms with E-state index in [0.717, 1.165) is 16.3 Å². The molecular weight excluding hydrogens is 467 g/mol. The summed E-state index contributed by atoms with van der Waals surface area (Å²) in [7, 11) is -3.58. The molecule has 32 heavy (non-hydrogen) atoms. The second-order valence-corrected chi connectivity index (χ2v) is 10.8. The molecule has 0 bridgehead atoms. The first-order valence-electron chi connectivity index (χ1n) is 10.5. The average Bonchev–Trinajstić information content (AvgIpc) is 2.80. The van der Waals surface area contributed by atoms with Crippen molar-refractivity contribution in [2.24, 2.45) is 5.92 Å². The summed E-state index contributed by atoms with van der Waals surface area (Å²) >= 11 is 11.9. The van der Waals surface area contributed by atoms with Crippen molar-refractivity contribution in [1.29, 1.82) is 0 Å². The van der Waals surface area contributed by atoms with Crippen molar-refractivity contribution in [3.63, 3.8) is 0 Å². The summed E-state index contributed by atoms with van der Waals surface area (Å²) in [5.41, 5.74) is 1.61. The van der Waals surface area contributed by atoms with Crippen LogP contribution < -0.4 is 5.32 Å². The molecule has 1 aliphatic rings. The van der Waals surface area contributed by atoms with Crippen LogP contribution in [0, 0.1) is 5.92 Å². The van der Waals surface area contributed by atoms with Gasteiger partial charge in [-0.1, -0.05) is 71.7 Å². The minimum absolute atomic E-state index is 0.118. The van der Waals surface area contributed by atoms with Gasteiger partial charge in [-0.2, -0.15) is 0 Å². The zero-order valence-electron chi connectivity index (χ0n) is 17.4. The SMILES string of the molecule is O=C(NCc1cccc2ccccc12)C1CCCN(S(=O)(=O)Cc2ccc(Cl)c(Cl)c2)C1. The van der Waals surface area contributed by atoms with E-state index in [0.29, 0.717) is 41.5 Å². The lowest BCUT2D eigenvalue weighted by Crippen LogP contribution is -2.45. The Balaban J connectivity index is 1.40. The van der Waals surface area contributed by atoms with E-state index >= 15 is 0 Å². The molecule has 0 saturated carbocycles. The van der Waals surface area contributed by atoms with E-state index in [1.807, 2.05) is 42.5 Å². The summed E-state index contributed by atoms with van der Waals surface area (Å²) < 4.78 is 27.3. The van der Waals surface area contributed by atoms with Crippen LogP contribution in [-0.4, -0.2) is 31.7 Å². The predicted octanol–water partition coefficient (Wildman–Crippen LogP) is 5.00. The molecule has 1 atom stereocenters. The van der Waals surface area contributed by atoms with Crippen LogP contribution in [-0.2, 0) is 27.1 Å². The Labute approximate surface area is 198 Å². The number of fused-ring (bicyclic) bond motifs is 1. The molecule has 168 valence electrons. The number of carbonyl (C=O) groups excluding carboxylic acids is 1. The second-order valence-electron chi connectivity index (χ2n) is 8.06. The Morgan fingerprint density at radius 2 is 1.81 bits per heavy atom. The molecule has 1 fully saturated rings. The molecule has 0 aliphatic carbocycles. The van der Waals surface area contributed by atoms with Gasteiger partial charge in [0, 0.05) is 19.6 Å². The van der Waals surface area contributed by atoms with Crippen LogP contribution in [0.3, 0.4) is 0 Å².